The molecule has 0 amide bonds. The zero-order valence-electron chi connectivity index (χ0n) is 8.02. The Kier molecular flexibility index (Phi) is 7.82. The van der Waals surface area contributed by atoms with Gasteiger partial charge in [0.25, 0.3) is 0 Å². The largest absolute Gasteiger partial charge is 0.142 e. The number of thioether (sulfide) groups is 2. The highest BCUT2D eigenvalue weighted by Gasteiger charge is 2.07. The van der Waals surface area contributed by atoms with Crippen LogP contribution in [0.2, 0.25) is 0 Å². The topological polar surface area (TPSA) is 0 Å². The zero-order valence-corrected chi connectivity index (χ0v) is 9.65. The average molecular weight is 191 g/mol. The summed E-state index contributed by atoms with van der Waals surface area (Å²) in [6, 6.07) is 0. The highest BCUT2D eigenvalue weighted by atomic mass is 32.2. The maximum absolute atomic E-state index is 2.29. The lowest BCUT2D eigenvalue weighted by atomic mass is 10.4. The Morgan fingerprint density at radius 1 is 1.36 bits per heavy atom. The molecule has 0 rings (SSSR count). The van der Waals surface area contributed by atoms with Gasteiger partial charge in [0.2, 0.25) is 0 Å². The van der Waals surface area contributed by atoms with Gasteiger partial charge in [-0.1, -0.05) is 20.8 Å². The van der Waals surface area contributed by atoms with Crippen LogP contribution in [0.4, 0.5) is 0 Å². The highest BCUT2D eigenvalue weighted by molar-refractivity contribution is 8.20. The first-order chi connectivity index (χ1) is 5.20. The van der Waals surface area contributed by atoms with E-state index in [-0.39, 0.29) is 0 Å². The fraction of sp³-hybridized carbons (Fsp3) is 0.889. The second-order valence-electron chi connectivity index (χ2n) is 2.68. The van der Waals surface area contributed by atoms with Gasteiger partial charge in [0, 0.05) is 5.25 Å². The standard InChI is InChI=1S/C9H19S2/c1-5-7-10-9(4)11-8(3)6-2/h8H,5-7H2,1-4H3. The Morgan fingerprint density at radius 2 is 2.00 bits per heavy atom. The molecule has 0 aliphatic rings. The lowest BCUT2D eigenvalue weighted by Crippen LogP contribution is -1.95. The molecule has 0 saturated heterocycles. The monoisotopic (exact) mass is 191 g/mol. The van der Waals surface area contributed by atoms with Crippen molar-refractivity contribution in [1.29, 1.82) is 0 Å². The zero-order chi connectivity index (χ0) is 8.69. The summed E-state index contributed by atoms with van der Waals surface area (Å²) in [6.07, 6.45) is 2.55. The van der Waals surface area contributed by atoms with Crippen LogP contribution >= 0.6 is 23.5 Å². The summed E-state index contributed by atoms with van der Waals surface area (Å²) in [5.41, 5.74) is 0. The van der Waals surface area contributed by atoms with E-state index in [2.05, 4.69) is 27.7 Å². The Labute approximate surface area is 79.9 Å². The van der Waals surface area contributed by atoms with Gasteiger partial charge in [0.05, 0.1) is 4.58 Å². The van der Waals surface area contributed by atoms with Gasteiger partial charge in [-0.3, -0.25) is 0 Å². The predicted molar refractivity (Wildman–Crippen MR) is 59.0 cm³/mol. The van der Waals surface area contributed by atoms with Crippen LogP contribution in [0.5, 0.6) is 0 Å². The third-order valence-corrected chi connectivity index (χ3v) is 4.18. The Morgan fingerprint density at radius 3 is 2.45 bits per heavy atom. The molecule has 0 nitrogen and oxygen atoms in total. The minimum absolute atomic E-state index is 0.791. The lowest BCUT2D eigenvalue weighted by molar-refractivity contribution is 0.908. The molecule has 0 spiro atoms. The molecule has 1 radical (unpaired) electrons. The first-order valence-corrected chi connectivity index (χ1v) is 6.20. The molecule has 0 aromatic heterocycles. The maximum atomic E-state index is 2.29. The lowest BCUT2D eigenvalue weighted by Gasteiger charge is -2.13. The van der Waals surface area contributed by atoms with Crippen molar-refractivity contribution < 1.29 is 0 Å². The summed E-state index contributed by atoms with van der Waals surface area (Å²) < 4.78 is 1.53. The van der Waals surface area contributed by atoms with Crippen LogP contribution in [-0.2, 0) is 0 Å². The van der Waals surface area contributed by atoms with E-state index in [9.17, 15) is 0 Å². The van der Waals surface area contributed by atoms with E-state index in [0.717, 1.165) is 5.25 Å². The molecule has 0 aliphatic heterocycles. The number of rotatable bonds is 6. The van der Waals surface area contributed by atoms with E-state index >= 15 is 0 Å². The van der Waals surface area contributed by atoms with Gasteiger partial charge in [-0.05, 0) is 25.5 Å². The van der Waals surface area contributed by atoms with Crippen LogP contribution < -0.4 is 0 Å². The normalized spacial score (nSPS) is 13.9. The molecule has 0 N–H and O–H groups in total. The van der Waals surface area contributed by atoms with Crippen LogP contribution in [0.1, 0.15) is 40.5 Å². The van der Waals surface area contributed by atoms with Crippen molar-refractivity contribution in [3.63, 3.8) is 0 Å². The molecule has 0 fully saturated rings. The minimum atomic E-state index is 0.791. The van der Waals surface area contributed by atoms with Crippen molar-refractivity contribution in [2.75, 3.05) is 5.75 Å². The van der Waals surface area contributed by atoms with Crippen molar-refractivity contribution in [3.8, 4) is 0 Å². The van der Waals surface area contributed by atoms with E-state index in [1.165, 1.54) is 23.2 Å². The van der Waals surface area contributed by atoms with Crippen molar-refractivity contribution in [2.24, 2.45) is 0 Å². The van der Waals surface area contributed by atoms with Crippen molar-refractivity contribution >= 4 is 23.5 Å². The summed E-state index contributed by atoms with van der Waals surface area (Å²) in [5, 5.41) is 0.791. The molecule has 0 saturated carbocycles. The molecular formula is C9H19S2. The van der Waals surface area contributed by atoms with Crippen LogP contribution in [0.3, 0.4) is 0 Å². The highest BCUT2D eigenvalue weighted by Crippen LogP contribution is 2.35. The van der Waals surface area contributed by atoms with Gasteiger partial charge in [-0.25, -0.2) is 0 Å². The molecule has 0 aromatic carbocycles. The van der Waals surface area contributed by atoms with E-state index in [4.69, 9.17) is 0 Å². The summed E-state index contributed by atoms with van der Waals surface area (Å²) in [4.78, 5) is 0. The first-order valence-electron chi connectivity index (χ1n) is 4.33. The van der Waals surface area contributed by atoms with Gasteiger partial charge in [0.15, 0.2) is 0 Å². The third-order valence-electron chi connectivity index (χ3n) is 1.45. The summed E-state index contributed by atoms with van der Waals surface area (Å²) >= 11 is 4.02. The Hall–Kier alpha value is 0.700. The second kappa shape index (κ2) is 7.35. The fourth-order valence-corrected chi connectivity index (χ4v) is 2.89. The maximum Gasteiger partial charge on any atom is 0.0820 e. The number of hydrogen-bond donors (Lipinski definition) is 0. The van der Waals surface area contributed by atoms with Crippen LogP contribution in [0.25, 0.3) is 0 Å². The molecule has 1 unspecified atom stereocenters. The SMILES string of the molecule is CCCS[C](C)SC(C)CC. The Bertz CT molecular complexity index is 83.6. The summed E-state index contributed by atoms with van der Waals surface area (Å²) in [6.45, 7) is 9.00. The molecule has 2 heteroatoms. The molecule has 1 atom stereocenters. The van der Waals surface area contributed by atoms with Crippen molar-refractivity contribution in [1.82, 2.24) is 0 Å². The van der Waals surface area contributed by atoms with Gasteiger partial charge < -0.3 is 0 Å². The molecule has 0 aliphatic carbocycles. The molecule has 0 aromatic rings. The van der Waals surface area contributed by atoms with Crippen LogP contribution in [0.15, 0.2) is 0 Å². The smallest absolute Gasteiger partial charge is 0.0820 e. The third kappa shape index (κ3) is 7.07. The summed E-state index contributed by atoms with van der Waals surface area (Å²) in [5.74, 6) is 1.27. The molecule has 0 heterocycles. The van der Waals surface area contributed by atoms with Gasteiger partial charge in [-0.15, -0.1) is 23.5 Å². The molecular weight excluding hydrogens is 172 g/mol. The quantitative estimate of drug-likeness (QED) is 0.618. The van der Waals surface area contributed by atoms with Crippen molar-refractivity contribution in [3.05, 3.63) is 4.58 Å². The van der Waals surface area contributed by atoms with Crippen LogP contribution in [-0.4, -0.2) is 11.0 Å². The van der Waals surface area contributed by atoms with Gasteiger partial charge in [-0.2, -0.15) is 0 Å². The molecule has 0 bridgehead atoms. The van der Waals surface area contributed by atoms with Gasteiger partial charge in [0.1, 0.15) is 0 Å². The Balaban J connectivity index is 3.27. The van der Waals surface area contributed by atoms with E-state index in [1.807, 2.05) is 23.5 Å². The van der Waals surface area contributed by atoms with Gasteiger partial charge >= 0.3 is 0 Å². The van der Waals surface area contributed by atoms with Crippen molar-refractivity contribution in [2.45, 2.75) is 45.8 Å². The molecule has 11 heavy (non-hydrogen) atoms. The average Bonchev–Trinajstić information content (AvgIpc) is 2.00. The van der Waals surface area contributed by atoms with Crippen LogP contribution in [0, 0.1) is 4.58 Å². The minimum Gasteiger partial charge on any atom is -0.142 e. The van der Waals surface area contributed by atoms with E-state index in [1.54, 1.807) is 0 Å². The predicted octanol–water partition coefficient (Wildman–Crippen LogP) is 4.17. The fourth-order valence-electron chi connectivity index (χ4n) is 0.646. The van der Waals surface area contributed by atoms with E-state index in [0.29, 0.717) is 0 Å². The molecule has 67 valence electrons. The first kappa shape index (κ1) is 11.7. The number of hydrogen-bond acceptors (Lipinski definition) is 2. The second-order valence-corrected chi connectivity index (χ2v) is 5.90. The van der Waals surface area contributed by atoms with E-state index < -0.39 is 0 Å². The summed E-state index contributed by atoms with van der Waals surface area (Å²) in [7, 11) is 0.